The first-order chi connectivity index (χ1) is 40.0. The van der Waals surface area contributed by atoms with Gasteiger partial charge in [0.15, 0.2) is 6.10 Å². The van der Waals surface area contributed by atoms with E-state index in [0.29, 0.717) is 17.4 Å². The molecule has 0 bridgehead atoms. The third kappa shape index (κ3) is 65.0. The molecule has 0 rings (SSSR count). The number of unbranched alkanes of at least 4 members (excludes halogenated alkanes) is 20. The first-order valence-corrected chi connectivity index (χ1v) is 34.1. The Balaban J connectivity index is 4.19. The van der Waals surface area contributed by atoms with Crippen LogP contribution in [-0.2, 0) is 32.7 Å². The van der Waals surface area contributed by atoms with Gasteiger partial charge in [0, 0.05) is 12.8 Å². The molecule has 466 valence electrons. The zero-order valence-corrected chi connectivity index (χ0v) is 53.8. The molecular weight excluding hydrogens is 1040 g/mol. The summed E-state index contributed by atoms with van der Waals surface area (Å²) in [6.07, 6.45) is 90.7. The van der Waals surface area contributed by atoms with Crippen LogP contribution in [0.15, 0.2) is 146 Å². The zero-order valence-electron chi connectivity index (χ0n) is 52.9. The number of phosphoric acid groups is 1. The number of likely N-dealkylation sites (N-methyl/N-ethyl adjacent to an activating group) is 1. The third-order valence-electron chi connectivity index (χ3n) is 13.4. The smallest absolute Gasteiger partial charge is 0.462 e. The number of esters is 2. The van der Waals surface area contributed by atoms with E-state index >= 15 is 0 Å². The maximum atomic E-state index is 12.9. The lowest BCUT2D eigenvalue weighted by molar-refractivity contribution is -0.870. The van der Waals surface area contributed by atoms with Crippen molar-refractivity contribution in [2.45, 2.75) is 251 Å². The molecule has 2 atom stereocenters. The molecule has 0 aliphatic carbocycles. The van der Waals surface area contributed by atoms with Crippen LogP contribution in [0, 0.1) is 0 Å². The van der Waals surface area contributed by atoms with Crippen LogP contribution in [0.2, 0.25) is 0 Å². The highest BCUT2D eigenvalue weighted by molar-refractivity contribution is 7.47. The highest BCUT2D eigenvalue weighted by Crippen LogP contribution is 2.43. The molecule has 0 fully saturated rings. The maximum absolute atomic E-state index is 12.9. The number of carbonyl (C=O) groups is 2. The summed E-state index contributed by atoms with van der Waals surface area (Å²) in [6, 6.07) is 0. The van der Waals surface area contributed by atoms with Crippen molar-refractivity contribution in [2.24, 2.45) is 0 Å². The second kappa shape index (κ2) is 61.5. The van der Waals surface area contributed by atoms with Gasteiger partial charge in [-0.2, -0.15) is 0 Å². The van der Waals surface area contributed by atoms with Crippen molar-refractivity contribution in [3.05, 3.63) is 146 Å². The van der Waals surface area contributed by atoms with Gasteiger partial charge < -0.3 is 18.9 Å². The van der Waals surface area contributed by atoms with Gasteiger partial charge in [0.25, 0.3) is 0 Å². The van der Waals surface area contributed by atoms with Crippen molar-refractivity contribution in [2.75, 3.05) is 47.5 Å². The zero-order chi connectivity index (χ0) is 59.8. The van der Waals surface area contributed by atoms with Crippen LogP contribution < -0.4 is 0 Å². The van der Waals surface area contributed by atoms with Crippen LogP contribution in [-0.4, -0.2) is 74.9 Å². The van der Waals surface area contributed by atoms with Crippen LogP contribution in [0.1, 0.15) is 245 Å². The van der Waals surface area contributed by atoms with Crippen molar-refractivity contribution in [3.8, 4) is 0 Å². The summed E-state index contributed by atoms with van der Waals surface area (Å²) in [5.74, 6) is -0.832. The molecule has 10 heteroatoms. The minimum absolute atomic E-state index is 0.0190. The molecule has 0 aliphatic heterocycles. The summed E-state index contributed by atoms with van der Waals surface area (Å²) in [7, 11) is 1.44. The van der Waals surface area contributed by atoms with Gasteiger partial charge >= 0.3 is 19.8 Å². The number of rotatable bonds is 58. The van der Waals surface area contributed by atoms with Crippen LogP contribution in [0.25, 0.3) is 0 Å². The summed E-state index contributed by atoms with van der Waals surface area (Å²) in [5.41, 5.74) is 0. The van der Waals surface area contributed by atoms with Gasteiger partial charge in [0.1, 0.15) is 19.8 Å². The van der Waals surface area contributed by atoms with E-state index in [2.05, 4.69) is 160 Å². The normalized spacial score (nSPS) is 14.2. The molecule has 9 nitrogen and oxygen atoms in total. The summed E-state index contributed by atoms with van der Waals surface area (Å²) in [4.78, 5) is 35.8. The molecule has 0 amide bonds. The topological polar surface area (TPSA) is 108 Å². The first-order valence-electron chi connectivity index (χ1n) is 32.6. The number of carbonyl (C=O) groups excluding carboxylic acids is 2. The largest absolute Gasteiger partial charge is 0.472 e. The van der Waals surface area contributed by atoms with E-state index < -0.39 is 26.5 Å². The van der Waals surface area contributed by atoms with Gasteiger partial charge in [0.05, 0.1) is 27.7 Å². The molecule has 0 aromatic rings. The van der Waals surface area contributed by atoms with E-state index in [9.17, 15) is 19.0 Å². The van der Waals surface area contributed by atoms with Gasteiger partial charge in [0.2, 0.25) is 0 Å². The fourth-order valence-corrected chi connectivity index (χ4v) is 9.18. The second-order valence-corrected chi connectivity index (χ2v) is 23.8. The Morgan fingerprint density at radius 3 is 0.976 bits per heavy atom. The fourth-order valence-electron chi connectivity index (χ4n) is 8.43. The second-order valence-electron chi connectivity index (χ2n) is 22.4. The molecule has 0 spiro atoms. The van der Waals surface area contributed by atoms with Gasteiger partial charge in [-0.05, 0) is 116 Å². The minimum Gasteiger partial charge on any atom is -0.462 e. The third-order valence-corrected chi connectivity index (χ3v) is 14.3. The number of nitrogens with zero attached hydrogens (tertiary/aromatic N) is 1. The standard InChI is InChI=1S/C72H120NO8P/c1-6-8-10-12-14-16-18-20-22-24-26-28-30-32-34-36-38-40-42-44-46-48-50-52-54-56-58-60-62-64-71(74)78-68-70(69-80-82(76,77)79-67-66-73(3,4)5)81-72(75)65-63-61-59-57-55-53-51-49-47-45-43-41-39-37-35-33-31-29-27-25-23-21-19-17-15-13-11-9-7-2/h8-11,14-17,20-23,26-29,33,35,39,41,45,47,51,53,70H,6-7,12-13,18-19,24-25,30-32,34,36-38,40,42-44,46,48-50,52,54-69H2,1-5H3/p+1/b10-8-,11-9-,16-14-,17-15-,22-20-,23-21-,28-26-,29-27-,35-33-,41-39-,47-45-,53-51-. The number of phosphoric ester groups is 1. The van der Waals surface area contributed by atoms with Gasteiger partial charge in [-0.15, -0.1) is 0 Å². The van der Waals surface area contributed by atoms with Crippen LogP contribution >= 0.6 is 7.82 Å². The molecule has 0 saturated heterocycles. The molecule has 0 aromatic heterocycles. The fraction of sp³-hybridized carbons (Fsp3) is 0.639. The minimum atomic E-state index is -4.41. The van der Waals surface area contributed by atoms with E-state index in [1.165, 1.54) is 89.9 Å². The SMILES string of the molecule is CC/C=C\C/C=C\C/C=C\C/C=C\C/C=C\C/C=C\C/C=C\C/C=C\CCCCCCC(=O)OC(COC(=O)CCCCCCCCCCCCCCCCCC/C=C\C/C=C\C/C=C\C/C=C\CC)COP(=O)(O)OCC[N+](C)(C)C. The molecule has 0 saturated carbocycles. The molecule has 0 radical (unpaired) electrons. The predicted molar refractivity (Wildman–Crippen MR) is 353 cm³/mol. The van der Waals surface area contributed by atoms with Crippen molar-refractivity contribution >= 4 is 19.8 Å². The molecule has 82 heavy (non-hydrogen) atoms. The van der Waals surface area contributed by atoms with E-state index in [1.807, 2.05) is 21.1 Å². The number of allylic oxidation sites excluding steroid dienone is 24. The van der Waals surface area contributed by atoms with Crippen molar-refractivity contribution in [1.29, 1.82) is 0 Å². The lowest BCUT2D eigenvalue weighted by atomic mass is 10.0. The monoisotopic (exact) mass is 1160 g/mol. The average Bonchev–Trinajstić information content (AvgIpc) is 3.45. The quantitative estimate of drug-likeness (QED) is 0.0211. The van der Waals surface area contributed by atoms with Crippen molar-refractivity contribution in [3.63, 3.8) is 0 Å². The van der Waals surface area contributed by atoms with Gasteiger partial charge in [-0.25, -0.2) is 4.57 Å². The number of hydrogen-bond acceptors (Lipinski definition) is 7. The molecule has 0 aliphatic rings. The molecule has 1 N–H and O–H groups in total. The number of quaternary nitrogens is 1. The molecule has 0 heterocycles. The Morgan fingerprint density at radius 1 is 0.378 bits per heavy atom. The van der Waals surface area contributed by atoms with Gasteiger partial charge in [-0.3, -0.25) is 18.6 Å². The summed E-state index contributed by atoms with van der Waals surface area (Å²) >= 11 is 0. The Morgan fingerprint density at radius 2 is 0.659 bits per heavy atom. The summed E-state index contributed by atoms with van der Waals surface area (Å²) in [5, 5.41) is 0. The average molecular weight is 1160 g/mol. The van der Waals surface area contributed by atoms with E-state index in [-0.39, 0.29) is 32.0 Å². The first kappa shape index (κ1) is 77.9. The highest BCUT2D eigenvalue weighted by Gasteiger charge is 2.27. The van der Waals surface area contributed by atoms with E-state index in [0.717, 1.165) is 122 Å². The van der Waals surface area contributed by atoms with Crippen LogP contribution in [0.5, 0.6) is 0 Å². The number of hydrogen-bond donors (Lipinski definition) is 1. The summed E-state index contributed by atoms with van der Waals surface area (Å²) < 4.78 is 34.6. The van der Waals surface area contributed by atoms with Crippen LogP contribution in [0.4, 0.5) is 0 Å². The van der Waals surface area contributed by atoms with Crippen LogP contribution in [0.3, 0.4) is 0 Å². The highest BCUT2D eigenvalue weighted by atomic mass is 31.2. The van der Waals surface area contributed by atoms with Crippen molar-refractivity contribution in [1.82, 2.24) is 0 Å². The Labute approximate surface area is 503 Å². The molecular formula is C72H121NO8P+. The summed E-state index contributed by atoms with van der Waals surface area (Å²) in [6.45, 7) is 4.17. The van der Waals surface area contributed by atoms with E-state index in [4.69, 9.17) is 18.5 Å². The van der Waals surface area contributed by atoms with Gasteiger partial charge in [-0.1, -0.05) is 262 Å². The van der Waals surface area contributed by atoms with E-state index in [1.54, 1.807) is 0 Å². The number of ether oxygens (including phenoxy) is 2. The predicted octanol–water partition coefficient (Wildman–Crippen LogP) is 21.0. The molecule has 0 aromatic carbocycles. The Kier molecular flexibility index (Phi) is 58.4. The Bertz CT molecular complexity index is 1890. The maximum Gasteiger partial charge on any atom is 0.472 e. The molecule has 2 unspecified atom stereocenters. The van der Waals surface area contributed by atoms with Crippen molar-refractivity contribution < 1.29 is 42.1 Å². The Hall–Kier alpha value is -4.11. The lowest BCUT2D eigenvalue weighted by Crippen LogP contribution is -2.37. The lowest BCUT2D eigenvalue weighted by Gasteiger charge is -2.24.